The molecule has 1 aliphatic heterocycles. The minimum atomic E-state index is 0.814. The average molecular weight is 223 g/mol. The van der Waals surface area contributed by atoms with Gasteiger partial charge in [0.25, 0.3) is 0 Å². The highest BCUT2D eigenvalue weighted by molar-refractivity contribution is 6.03. The van der Waals surface area contributed by atoms with Gasteiger partial charge >= 0.3 is 0 Å². The molecule has 0 spiro atoms. The molecule has 0 aliphatic carbocycles. The molecule has 0 atom stereocenters. The van der Waals surface area contributed by atoms with Crippen molar-refractivity contribution in [3.05, 3.63) is 53.6 Å². The van der Waals surface area contributed by atoms with Crippen LogP contribution in [0.1, 0.15) is 18.1 Å². The number of hydrogen-bond donors (Lipinski definition) is 0. The molecule has 2 aromatic carbocycles. The van der Waals surface area contributed by atoms with Gasteiger partial charge in [0.2, 0.25) is 0 Å². The predicted molar refractivity (Wildman–Crippen MR) is 69.6 cm³/mol. The monoisotopic (exact) mass is 223 g/mol. The summed E-state index contributed by atoms with van der Waals surface area (Å²) in [6.07, 6.45) is 0. The topological polar surface area (TPSA) is 21.6 Å². The molecule has 0 bridgehead atoms. The number of ether oxygens (including phenoxy) is 1. The van der Waals surface area contributed by atoms with E-state index in [1.807, 2.05) is 37.3 Å². The highest BCUT2D eigenvalue weighted by Gasteiger charge is 2.14. The molecule has 84 valence electrons. The zero-order valence-corrected chi connectivity index (χ0v) is 9.90. The van der Waals surface area contributed by atoms with Crippen molar-refractivity contribution >= 4 is 11.4 Å². The maximum absolute atomic E-state index is 5.91. The molecule has 1 aliphatic rings. The predicted octanol–water partition coefficient (Wildman–Crippen LogP) is 4.24. The molecule has 0 unspecified atom stereocenters. The fraction of sp³-hybridized carbons (Fsp3) is 0.133. The number of aryl methyl sites for hydroxylation is 1. The minimum absolute atomic E-state index is 0.814. The first-order chi connectivity index (χ1) is 8.24. The van der Waals surface area contributed by atoms with Gasteiger partial charge in [-0.3, -0.25) is 0 Å². The second-order valence-corrected chi connectivity index (χ2v) is 4.27. The third kappa shape index (κ3) is 1.72. The van der Waals surface area contributed by atoms with Crippen LogP contribution in [0.5, 0.6) is 11.5 Å². The van der Waals surface area contributed by atoms with Gasteiger partial charge in [0.05, 0.1) is 0 Å². The molecule has 2 heteroatoms. The quantitative estimate of drug-likeness (QED) is 0.654. The van der Waals surface area contributed by atoms with E-state index in [9.17, 15) is 0 Å². The maximum Gasteiger partial charge on any atom is 0.153 e. The molecule has 1 heterocycles. The van der Waals surface area contributed by atoms with Gasteiger partial charge in [-0.2, -0.15) is 0 Å². The Labute approximate surface area is 101 Å². The summed E-state index contributed by atoms with van der Waals surface area (Å²) in [5, 5.41) is 0. The summed E-state index contributed by atoms with van der Waals surface area (Å²) in [5.41, 5.74) is 4.17. The average Bonchev–Trinajstić information content (AvgIpc) is 2.46. The van der Waals surface area contributed by atoms with Crippen LogP contribution >= 0.6 is 0 Å². The Morgan fingerprint density at radius 2 is 1.76 bits per heavy atom. The molecule has 3 rings (SSSR count). The first kappa shape index (κ1) is 10.1. The summed E-state index contributed by atoms with van der Waals surface area (Å²) in [4.78, 5) is 4.61. The highest BCUT2D eigenvalue weighted by Crippen LogP contribution is 2.37. The molecular weight excluding hydrogens is 210 g/mol. The van der Waals surface area contributed by atoms with Crippen molar-refractivity contribution in [2.45, 2.75) is 13.8 Å². The lowest BCUT2D eigenvalue weighted by atomic mass is 10.1. The van der Waals surface area contributed by atoms with Gasteiger partial charge in [0, 0.05) is 11.3 Å². The zero-order chi connectivity index (χ0) is 11.8. The van der Waals surface area contributed by atoms with Gasteiger partial charge in [0.1, 0.15) is 11.4 Å². The molecule has 2 aromatic rings. The Morgan fingerprint density at radius 1 is 0.941 bits per heavy atom. The van der Waals surface area contributed by atoms with Gasteiger partial charge in [-0.25, -0.2) is 4.99 Å². The van der Waals surface area contributed by atoms with Gasteiger partial charge in [-0.15, -0.1) is 0 Å². The van der Waals surface area contributed by atoms with Gasteiger partial charge in [-0.1, -0.05) is 23.8 Å². The van der Waals surface area contributed by atoms with Crippen molar-refractivity contribution in [2.24, 2.45) is 4.99 Å². The number of benzene rings is 2. The van der Waals surface area contributed by atoms with Crippen LogP contribution in [0.4, 0.5) is 5.69 Å². The van der Waals surface area contributed by atoms with E-state index in [2.05, 4.69) is 24.0 Å². The van der Waals surface area contributed by atoms with E-state index in [0.717, 1.165) is 28.5 Å². The van der Waals surface area contributed by atoms with Gasteiger partial charge < -0.3 is 4.74 Å². The van der Waals surface area contributed by atoms with E-state index >= 15 is 0 Å². The molecule has 2 nitrogen and oxygen atoms in total. The molecular formula is C15H13NO. The van der Waals surface area contributed by atoms with Gasteiger partial charge in [-0.05, 0) is 38.1 Å². The van der Waals surface area contributed by atoms with Gasteiger partial charge in [0.15, 0.2) is 5.75 Å². The third-order valence-electron chi connectivity index (χ3n) is 2.90. The number of hydrogen-bond acceptors (Lipinski definition) is 2. The molecule has 0 aromatic heterocycles. The molecule has 0 saturated heterocycles. The van der Waals surface area contributed by atoms with E-state index in [1.54, 1.807) is 0 Å². The Kier molecular flexibility index (Phi) is 2.22. The van der Waals surface area contributed by atoms with Crippen LogP contribution in [-0.2, 0) is 0 Å². The first-order valence-corrected chi connectivity index (χ1v) is 5.67. The second kappa shape index (κ2) is 3.74. The van der Waals surface area contributed by atoms with E-state index in [0.29, 0.717) is 0 Å². The highest BCUT2D eigenvalue weighted by atomic mass is 16.5. The maximum atomic E-state index is 5.91. The van der Waals surface area contributed by atoms with Crippen LogP contribution in [0, 0.1) is 6.92 Å². The largest absolute Gasteiger partial charge is 0.454 e. The molecule has 0 fully saturated rings. The van der Waals surface area contributed by atoms with E-state index in [1.165, 1.54) is 5.56 Å². The fourth-order valence-corrected chi connectivity index (χ4v) is 2.01. The lowest BCUT2D eigenvalue weighted by molar-refractivity contribution is 0.484. The van der Waals surface area contributed by atoms with Crippen molar-refractivity contribution in [3.63, 3.8) is 0 Å². The standard InChI is InChI=1S/C15H13NO/c1-10-7-8-14-12(9-10)11(2)16-13-5-3-4-6-15(13)17-14/h3-9H,1-2H3. The number of nitrogens with zero attached hydrogens (tertiary/aromatic N) is 1. The van der Waals surface area contributed by atoms with Crippen LogP contribution in [0.25, 0.3) is 0 Å². The Balaban J connectivity index is 2.24. The van der Waals surface area contributed by atoms with Crippen molar-refractivity contribution in [2.75, 3.05) is 0 Å². The Bertz CT molecular complexity index is 614. The summed E-state index contributed by atoms with van der Waals surface area (Å²) >= 11 is 0. The number of fused-ring (bicyclic) bond motifs is 2. The number of para-hydroxylation sites is 2. The van der Waals surface area contributed by atoms with Crippen LogP contribution in [0.2, 0.25) is 0 Å². The lowest BCUT2D eigenvalue weighted by Gasteiger charge is -2.08. The summed E-state index contributed by atoms with van der Waals surface area (Å²) in [7, 11) is 0. The molecule has 0 amide bonds. The van der Waals surface area contributed by atoms with Crippen molar-refractivity contribution < 1.29 is 4.74 Å². The van der Waals surface area contributed by atoms with E-state index in [-0.39, 0.29) is 0 Å². The Morgan fingerprint density at radius 3 is 2.65 bits per heavy atom. The van der Waals surface area contributed by atoms with Crippen LogP contribution in [0.3, 0.4) is 0 Å². The summed E-state index contributed by atoms with van der Waals surface area (Å²) in [5.74, 6) is 1.69. The van der Waals surface area contributed by atoms with Crippen LogP contribution < -0.4 is 4.74 Å². The zero-order valence-electron chi connectivity index (χ0n) is 9.90. The third-order valence-corrected chi connectivity index (χ3v) is 2.90. The van der Waals surface area contributed by atoms with Crippen LogP contribution in [0.15, 0.2) is 47.5 Å². The second-order valence-electron chi connectivity index (χ2n) is 4.27. The van der Waals surface area contributed by atoms with Crippen molar-refractivity contribution in [1.29, 1.82) is 0 Å². The van der Waals surface area contributed by atoms with E-state index in [4.69, 9.17) is 4.74 Å². The van der Waals surface area contributed by atoms with Crippen molar-refractivity contribution in [1.82, 2.24) is 0 Å². The normalized spacial score (nSPS) is 12.9. The van der Waals surface area contributed by atoms with Crippen molar-refractivity contribution in [3.8, 4) is 11.5 Å². The molecule has 17 heavy (non-hydrogen) atoms. The smallest absolute Gasteiger partial charge is 0.153 e. The van der Waals surface area contributed by atoms with Crippen LogP contribution in [-0.4, -0.2) is 5.71 Å². The number of aliphatic imine (C=N–C) groups is 1. The van der Waals surface area contributed by atoms with E-state index < -0.39 is 0 Å². The summed E-state index contributed by atoms with van der Waals surface area (Å²) in [6, 6.07) is 14.0. The number of rotatable bonds is 0. The SMILES string of the molecule is CC1=Nc2ccccc2Oc2ccc(C)cc21. The minimum Gasteiger partial charge on any atom is -0.454 e. The summed E-state index contributed by atoms with van der Waals surface area (Å²) in [6.45, 7) is 4.09. The first-order valence-electron chi connectivity index (χ1n) is 5.67. The molecule has 0 N–H and O–H groups in total. The fourth-order valence-electron chi connectivity index (χ4n) is 2.01. The lowest BCUT2D eigenvalue weighted by Crippen LogP contribution is -1.96. The summed E-state index contributed by atoms with van der Waals surface area (Å²) < 4.78 is 5.91. The molecule has 0 saturated carbocycles. The molecule has 0 radical (unpaired) electrons. The Hall–Kier alpha value is -2.09.